The third-order valence-electron chi connectivity index (χ3n) is 7.23. The molecule has 2 fully saturated rings. The summed E-state index contributed by atoms with van der Waals surface area (Å²) in [4.78, 5) is 23.6. The molecule has 0 bridgehead atoms. The topological polar surface area (TPSA) is 140 Å². The number of aliphatic hydroxyl groups excluding tert-OH is 1. The Kier molecular flexibility index (Phi) is 7.80. The van der Waals surface area contributed by atoms with Gasteiger partial charge in [-0.3, -0.25) is 4.79 Å². The number of nitrogens with one attached hydrogen (secondary N) is 1. The molecule has 12 heteroatoms. The van der Waals surface area contributed by atoms with Crippen molar-refractivity contribution in [3.8, 4) is 11.6 Å². The van der Waals surface area contributed by atoms with E-state index in [1.165, 1.54) is 6.26 Å². The summed E-state index contributed by atoms with van der Waals surface area (Å²) in [5.41, 5.74) is 0.821. The zero-order chi connectivity index (χ0) is 26.7. The minimum absolute atomic E-state index is 0.0174. The Morgan fingerprint density at radius 1 is 1.18 bits per heavy atom. The Labute approximate surface area is 222 Å². The van der Waals surface area contributed by atoms with Crippen LogP contribution in [0.5, 0.6) is 5.75 Å². The van der Waals surface area contributed by atoms with Crippen LogP contribution in [-0.2, 0) is 14.6 Å². The molecule has 3 heterocycles. The van der Waals surface area contributed by atoms with Gasteiger partial charge < -0.3 is 20.1 Å². The smallest absolute Gasteiger partial charge is 0.225 e. The number of β-amino-alcohol motifs (C(OH)–C–C–N with tert-alkyl or cyclic N) is 1. The molecule has 38 heavy (non-hydrogen) atoms. The van der Waals surface area contributed by atoms with E-state index in [4.69, 9.17) is 4.74 Å². The number of hydrogen-bond donors (Lipinski definition) is 2. The summed E-state index contributed by atoms with van der Waals surface area (Å²) in [5.74, 6) is 2.04. The first-order valence-corrected chi connectivity index (χ1v) is 15.2. The summed E-state index contributed by atoms with van der Waals surface area (Å²) in [6.07, 6.45) is 8.64. The van der Waals surface area contributed by atoms with Gasteiger partial charge in [0.05, 0.1) is 35.6 Å². The molecule has 204 valence electrons. The average molecular weight is 543 g/mol. The van der Waals surface area contributed by atoms with Gasteiger partial charge in [-0.15, -0.1) is 0 Å². The van der Waals surface area contributed by atoms with Crippen LogP contribution >= 0.6 is 0 Å². The summed E-state index contributed by atoms with van der Waals surface area (Å²) in [6, 6.07) is 7.61. The number of likely N-dealkylation sites (tertiary alicyclic amines) is 1. The summed E-state index contributed by atoms with van der Waals surface area (Å²) < 4.78 is 30.3. The fourth-order valence-corrected chi connectivity index (χ4v) is 5.88. The molecular weight excluding hydrogens is 508 g/mol. The van der Waals surface area contributed by atoms with Crippen molar-refractivity contribution in [1.29, 1.82) is 0 Å². The van der Waals surface area contributed by atoms with Gasteiger partial charge in [0.25, 0.3) is 0 Å². The highest BCUT2D eigenvalue weighted by molar-refractivity contribution is 7.90. The highest BCUT2D eigenvalue weighted by atomic mass is 32.2. The number of amides is 1. The Hall–Kier alpha value is -3.25. The number of ether oxygens (including phenoxy) is 1. The summed E-state index contributed by atoms with van der Waals surface area (Å²) in [5, 5.41) is 18.5. The predicted molar refractivity (Wildman–Crippen MR) is 143 cm³/mol. The van der Waals surface area contributed by atoms with Crippen LogP contribution in [0.1, 0.15) is 38.5 Å². The maximum atomic E-state index is 12.8. The largest absolute Gasteiger partial charge is 0.493 e. The average Bonchev–Trinajstić information content (AvgIpc) is 3.53. The first kappa shape index (κ1) is 26.4. The van der Waals surface area contributed by atoms with Crippen molar-refractivity contribution >= 4 is 32.6 Å². The molecule has 1 saturated heterocycles. The van der Waals surface area contributed by atoms with Gasteiger partial charge in [0.1, 0.15) is 15.6 Å². The molecule has 1 aliphatic carbocycles. The van der Waals surface area contributed by atoms with Crippen LogP contribution in [-0.4, -0.2) is 87.9 Å². The van der Waals surface area contributed by atoms with Crippen molar-refractivity contribution in [2.45, 2.75) is 50.7 Å². The number of carbonyl (C=O) groups excluding carboxylic acids is 1. The van der Waals surface area contributed by atoms with Crippen molar-refractivity contribution in [2.24, 2.45) is 5.92 Å². The van der Waals surface area contributed by atoms with Crippen molar-refractivity contribution < 1.29 is 23.1 Å². The van der Waals surface area contributed by atoms with E-state index in [2.05, 4.69) is 20.4 Å². The first-order valence-electron chi connectivity index (χ1n) is 13.1. The molecule has 3 aromatic rings. The van der Waals surface area contributed by atoms with Gasteiger partial charge in [-0.1, -0.05) is 6.07 Å². The Morgan fingerprint density at radius 3 is 2.74 bits per heavy atom. The maximum Gasteiger partial charge on any atom is 0.225 e. The number of rotatable bonds is 9. The second kappa shape index (κ2) is 11.2. The van der Waals surface area contributed by atoms with Crippen LogP contribution in [0, 0.1) is 5.92 Å². The highest BCUT2D eigenvalue weighted by Gasteiger charge is 2.33. The highest BCUT2D eigenvalue weighted by Crippen LogP contribution is 2.30. The Bertz CT molecular complexity index is 1390. The Balaban J connectivity index is 1.21. The van der Waals surface area contributed by atoms with Gasteiger partial charge in [-0.2, -0.15) is 10.1 Å². The van der Waals surface area contributed by atoms with E-state index in [0.29, 0.717) is 50.1 Å². The van der Waals surface area contributed by atoms with Crippen LogP contribution in [0.2, 0.25) is 0 Å². The SMILES string of the molecule is CS(=O)(=O)CCCOc1cccc2c1cnn2-c1ccnc(N[C@H]2CC[C@H](C(=O)N3CC[C@H](O)C3)CC2)n1. The third-order valence-corrected chi connectivity index (χ3v) is 8.26. The van der Waals surface area contributed by atoms with Crippen LogP contribution < -0.4 is 10.1 Å². The number of sulfone groups is 1. The third kappa shape index (κ3) is 6.24. The van der Waals surface area contributed by atoms with Crippen LogP contribution in [0.3, 0.4) is 0 Å². The number of aromatic nitrogens is 4. The van der Waals surface area contributed by atoms with E-state index in [-0.39, 0.29) is 29.7 Å². The van der Waals surface area contributed by atoms with Gasteiger partial charge in [-0.05, 0) is 50.7 Å². The number of carbonyl (C=O) groups is 1. The number of aliphatic hydroxyl groups is 1. The summed E-state index contributed by atoms with van der Waals surface area (Å²) >= 11 is 0. The lowest BCUT2D eigenvalue weighted by molar-refractivity contribution is -0.135. The number of fused-ring (bicyclic) bond motifs is 1. The fraction of sp³-hybridized carbons (Fsp3) is 0.538. The lowest BCUT2D eigenvalue weighted by Gasteiger charge is -2.30. The zero-order valence-corrected chi connectivity index (χ0v) is 22.3. The molecule has 1 aliphatic heterocycles. The van der Waals surface area contributed by atoms with Crippen molar-refractivity contribution in [3.63, 3.8) is 0 Å². The number of anilines is 1. The molecular formula is C26H34N6O5S. The van der Waals surface area contributed by atoms with Crippen LogP contribution in [0.25, 0.3) is 16.7 Å². The van der Waals surface area contributed by atoms with Gasteiger partial charge in [0.2, 0.25) is 11.9 Å². The number of nitrogens with zero attached hydrogens (tertiary/aromatic N) is 5. The van der Waals surface area contributed by atoms with Crippen molar-refractivity contribution in [1.82, 2.24) is 24.6 Å². The van der Waals surface area contributed by atoms with E-state index < -0.39 is 9.84 Å². The first-order chi connectivity index (χ1) is 18.3. The molecule has 5 rings (SSSR count). The monoisotopic (exact) mass is 542 g/mol. The predicted octanol–water partition coefficient (Wildman–Crippen LogP) is 2.19. The van der Waals surface area contributed by atoms with E-state index in [9.17, 15) is 18.3 Å². The molecule has 1 amide bonds. The zero-order valence-electron chi connectivity index (χ0n) is 21.5. The molecule has 0 radical (unpaired) electrons. The molecule has 11 nitrogen and oxygen atoms in total. The maximum absolute atomic E-state index is 12.8. The minimum Gasteiger partial charge on any atom is -0.493 e. The van der Waals surface area contributed by atoms with Gasteiger partial charge in [0.15, 0.2) is 5.82 Å². The van der Waals surface area contributed by atoms with Gasteiger partial charge in [0, 0.05) is 43.6 Å². The van der Waals surface area contributed by atoms with E-state index in [1.54, 1.807) is 28.0 Å². The molecule has 2 aromatic heterocycles. The van der Waals surface area contributed by atoms with E-state index in [1.807, 2.05) is 18.2 Å². The van der Waals surface area contributed by atoms with E-state index >= 15 is 0 Å². The lowest BCUT2D eigenvalue weighted by Crippen LogP contribution is -2.38. The molecule has 2 aliphatic rings. The minimum atomic E-state index is -3.02. The molecule has 1 saturated carbocycles. The molecule has 2 N–H and O–H groups in total. The Morgan fingerprint density at radius 2 is 2.00 bits per heavy atom. The van der Waals surface area contributed by atoms with Crippen molar-refractivity contribution in [2.75, 3.05) is 37.0 Å². The van der Waals surface area contributed by atoms with E-state index in [0.717, 1.165) is 36.6 Å². The van der Waals surface area contributed by atoms with Crippen LogP contribution in [0.4, 0.5) is 5.95 Å². The molecule has 0 unspecified atom stereocenters. The normalized spacial score (nSPS) is 22.1. The molecule has 1 aromatic carbocycles. The number of hydrogen-bond acceptors (Lipinski definition) is 9. The second-order valence-electron chi connectivity index (χ2n) is 10.2. The quantitative estimate of drug-likeness (QED) is 0.390. The number of benzene rings is 1. The summed E-state index contributed by atoms with van der Waals surface area (Å²) in [7, 11) is -3.02. The summed E-state index contributed by atoms with van der Waals surface area (Å²) in [6.45, 7) is 1.40. The standard InChI is InChI=1S/C26H34N6O5S/c1-38(35,36)15-3-14-37-23-5-2-4-22-21(23)16-28-32(22)24-10-12-27-26(30-24)29-19-8-6-18(7-9-19)25(34)31-13-11-20(33)17-31/h2,4-5,10,12,16,18-20,33H,3,6-9,11,13-15,17H2,1H3,(H,27,29,30)/t18-,19-,20-/m0/s1. The fourth-order valence-electron chi connectivity index (χ4n) is 5.24. The molecule has 0 spiro atoms. The molecule has 1 atom stereocenters. The lowest BCUT2D eigenvalue weighted by atomic mass is 9.85. The van der Waals surface area contributed by atoms with Crippen molar-refractivity contribution in [3.05, 3.63) is 36.7 Å². The second-order valence-corrected chi connectivity index (χ2v) is 12.5. The van der Waals surface area contributed by atoms with Crippen LogP contribution in [0.15, 0.2) is 36.7 Å². The van der Waals surface area contributed by atoms with Gasteiger partial charge in [-0.25, -0.2) is 18.1 Å². The van der Waals surface area contributed by atoms with Gasteiger partial charge >= 0.3 is 0 Å².